The van der Waals surface area contributed by atoms with Crippen molar-refractivity contribution in [1.82, 2.24) is 0 Å². The maximum atomic E-state index is 2.22. The minimum absolute atomic E-state index is 1.33. The van der Waals surface area contributed by atoms with E-state index in [-0.39, 0.29) is 0 Å². The van der Waals surface area contributed by atoms with Crippen LogP contribution < -0.4 is 0 Å². The lowest BCUT2D eigenvalue weighted by molar-refractivity contribution is 1.34. The summed E-state index contributed by atoms with van der Waals surface area (Å²) in [4.78, 5) is 0. The normalized spacial score (nSPS) is 10.0. The second-order valence-electron chi connectivity index (χ2n) is 16.2. The van der Waals surface area contributed by atoms with Crippen molar-refractivity contribution in [1.29, 1.82) is 0 Å². The van der Waals surface area contributed by atoms with Crippen molar-refractivity contribution in [2.45, 2.75) is 83.1 Å². The Hall–Kier alpha value is -6.24. The fourth-order valence-corrected chi connectivity index (χ4v) is 6.73. The number of hydrogen-bond donors (Lipinski definition) is 0. The first kappa shape index (κ1) is 46.4. The van der Waals surface area contributed by atoms with Gasteiger partial charge in [-0.15, -0.1) is 0 Å². The molecule has 0 aromatic heterocycles. The average Bonchev–Trinajstić information content (AvgIpc) is 3.24. The van der Waals surface area contributed by atoms with E-state index in [1.54, 1.807) is 0 Å². The lowest BCUT2D eigenvalue weighted by Crippen LogP contribution is -1.82. The van der Waals surface area contributed by atoms with Crippen LogP contribution in [0.4, 0.5) is 0 Å². The van der Waals surface area contributed by atoms with Crippen molar-refractivity contribution in [3.8, 4) is 0 Å². The third-order valence-electron chi connectivity index (χ3n) is 10.8. The minimum atomic E-state index is 1.33. The molecule has 0 unspecified atom stereocenters. The summed E-state index contributed by atoms with van der Waals surface area (Å²) < 4.78 is 0. The average molecular weight is 787 g/mol. The molecular weight excluding hydrogens is 721 g/mol. The molecule has 306 valence electrons. The Morgan fingerprint density at radius 2 is 0.550 bits per heavy atom. The maximum Gasteiger partial charge on any atom is -0.0152 e. The zero-order valence-corrected chi connectivity index (χ0v) is 38.3. The highest BCUT2D eigenvalue weighted by Gasteiger charge is 1.99. The Labute approximate surface area is 362 Å². The molecule has 0 aliphatic carbocycles. The van der Waals surface area contributed by atoms with E-state index in [9.17, 15) is 0 Å². The van der Waals surface area contributed by atoms with E-state index in [1.807, 2.05) is 0 Å². The molecule has 0 atom stereocenters. The summed E-state index contributed by atoms with van der Waals surface area (Å²) in [6.45, 7) is 25.5. The molecule has 9 aromatic carbocycles. The van der Waals surface area contributed by atoms with E-state index in [0.717, 1.165) is 0 Å². The van der Waals surface area contributed by atoms with Crippen molar-refractivity contribution < 1.29 is 0 Å². The molecule has 0 saturated heterocycles. The van der Waals surface area contributed by atoms with Gasteiger partial charge in [-0.1, -0.05) is 215 Å². The van der Waals surface area contributed by atoms with Crippen molar-refractivity contribution in [3.05, 3.63) is 249 Å². The zero-order chi connectivity index (χ0) is 43.6. The van der Waals surface area contributed by atoms with Crippen molar-refractivity contribution >= 4 is 32.3 Å². The van der Waals surface area contributed by atoms with Gasteiger partial charge in [0, 0.05) is 0 Å². The molecule has 60 heavy (non-hydrogen) atoms. The summed E-state index contributed by atoms with van der Waals surface area (Å²) >= 11 is 0. The second kappa shape index (κ2) is 23.4. The van der Waals surface area contributed by atoms with Gasteiger partial charge in [0.2, 0.25) is 0 Å². The predicted molar refractivity (Wildman–Crippen MR) is 268 cm³/mol. The van der Waals surface area contributed by atoms with Crippen molar-refractivity contribution in [2.24, 2.45) is 0 Å². The Balaban J connectivity index is 0.000000161. The monoisotopic (exact) mass is 787 g/mol. The van der Waals surface area contributed by atoms with Crippen LogP contribution in [0.3, 0.4) is 0 Å². The standard InChI is InChI=1S/3C12H12.3C8H10/c1-9-3-5-12-8-10(2)4-6-11(12)7-9;1-9-7-8-11-5-3-4-6-12(11)10(9)2;1-9-7-8-10(2)12-6-4-3-5-11(9)12;1-7-3-5-8(2)6-4-7;1-7-4-3-5-8(2)6-7;1-7-5-3-4-6-8(7)2/h3*3-8H,1-2H3;3*3-6H,1-2H3. The third kappa shape index (κ3) is 14.9. The number of hydrogen-bond acceptors (Lipinski definition) is 0. The molecule has 0 aliphatic rings. The third-order valence-corrected chi connectivity index (χ3v) is 10.8. The van der Waals surface area contributed by atoms with Gasteiger partial charge >= 0.3 is 0 Å². The van der Waals surface area contributed by atoms with Gasteiger partial charge in [-0.2, -0.15) is 0 Å². The molecule has 9 rings (SSSR count). The molecule has 0 amide bonds. The largest absolute Gasteiger partial charge is 0.0620 e. The van der Waals surface area contributed by atoms with Gasteiger partial charge in [0.25, 0.3) is 0 Å². The lowest BCUT2D eigenvalue weighted by atomic mass is 10.0. The predicted octanol–water partition coefficient (Wildman–Crippen LogP) is 17.3. The molecule has 0 N–H and O–H groups in total. The van der Waals surface area contributed by atoms with Gasteiger partial charge < -0.3 is 0 Å². The van der Waals surface area contributed by atoms with Crippen LogP contribution in [0.1, 0.15) is 66.8 Å². The highest BCUT2D eigenvalue weighted by atomic mass is 14.0. The van der Waals surface area contributed by atoms with E-state index in [2.05, 4.69) is 265 Å². The Kier molecular flexibility index (Phi) is 18.1. The molecule has 0 bridgehead atoms. The smallest absolute Gasteiger partial charge is 0.0152 e. The van der Waals surface area contributed by atoms with Crippen LogP contribution in [0.5, 0.6) is 0 Å². The SMILES string of the molecule is Cc1ccc(C)c2ccccc12.Cc1ccc(C)cc1.Cc1ccc2cc(C)ccc2c1.Cc1ccc2ccccc2c1C.Cc1cccc(C)c1.Cc1ccccc1C. The summed E-state index contributed by atoms with van der Waals surface area (Å²) in [7, 11) is 0. The first-order valence-corrected chi connectivity index (χ1v) is 21.2. The van der Waals surface area contributed by atoms with E-state index < -0.39 is 0 Å². The fourth-order valence-electron chi connectivity index (χ4n) is 6.73. The topological polar surface area (TPSA) is 0 Å². The van der Waals surface area contributed by atoms with Gasteiger partial charge in [-0.05, 0) is 149 Å². The second-order valence-corrected chi connectivity index (χ2v) is 16.2. The molecule has 0 nitrogen and oxygen atoms in total. The highest BCUT2D eigenvalue weighted by Crippen LogP contribution is 2.22. The number of benzene rings is 9. The van der Waals surface area contributed by atoms with Crippen LogP contribution in [-0.4, -0.2) is 0 Å². The van der Waals surface area contributed by atoms with Gasteiger partial charge in [-0.3, -0.25) is 0 Å². The molecule has 0 saturated carbocycles. The van der Waals surface area contributed by atoms with E-state index >= 15 is 0 Å². The highest BCUT2D eigenvalue weighted by molar-refractivity contribution is 5.88. The summed E-state index contributed by atoms with van der Waals surface area (Å²) in [5, 5.41) is 8.12. The van der Waals surface area contributed by atoms with Crippen LogP contribution in [-0.2, 0) is 0 Å². The molecule has 0 heteroatoms. The first-order chi connectivity index (χ1) is 28.7. The molecule has 0 spiro atoms. The molecule has 0 heterocycles. The van der Waals surface area contributed by atoms with Gasteiger partial charge in [0.05, 0.1) is 0 Å². The quantitative estimate of drug-likeness (QED) is 0.144. The van der Waals surface area contributed by atoms with Crippen LogP contribution in [0.15, 0.2) is 182 Å². The van der Waals surface area contributed by atoms with E-state index in [0.29, 0.717) is 0 Å². The number of rotatable bonds is 0. The molecule has 0 fully saturated rings. The first-order valence-electron chi connectivity index (χ1n) is 21.2. The van der Waals surface area contributed by atoms with Gasteiger partial charge in [0.1, 0.15) is 0 Å². The van der Waals surface area contributed by atoms with Crippen molar-refractivity contribution in [3.63, 3.8) is 0 Å². The van der Waals surface area contributed by atoms with Crippen LogP contribution in [0.2, 0.25) is 0 Å². The molecular formula is C60H66. The Morgan fingerprint density at radius 3 is 0.967 bits per heavy atom. The summed E-state index contributed by atoms with van der Waals surface area (Å²) in [6.07, 6.45) is 0. The Morgan fingerprint density at radius 1 is 0.200 bits per heavy atom. The number of fused-ring (bicyclic) bond motifs is 3. The van der Waals surface area contributed by atoms with Crippen LogP contribution >= 0.6 is 0 Å². The lowest BCUT2D eigenvalue weighted by Gasteiger charge is -2.04. The fraction of sp³-hybridized carbons (Fsp3) is 0.200. The summed E-state index contributed by atoms with van der Waals surface area (Å²) in [6, 6.07) is 64.1. The number of aryl methyl sites for hydroxylation is 12. The molecule has 0 aliphatic heterocycles. The van der Waals surface area contributed by atoms with E-state index in [1.165, 1.54) is 99.1 Å². The van der Waals surface area contributed by atoms with Crippen LogP contribution in [0.25, 0.3) is 32.3 Å². The van der Waals surface area contributed by atoms with Crippen molar-refractivity contribution in [2.75, 3.05) is 0 Å². The summed E-state index contributed by atoms with van der Waals surface area (Å²) in [5.74, 6) is 0. The minimum Gasteiger partial charge on any atom is -0.0620 e. The Bertz CT molecular complexity index is 2560. The molecule has 9 aromatic rings. The van der Waals surface area contributed by atoms with Gasteiger partial charge in [-0.25, -0.2) is 0 Å². The van der Waals surface area contributed by atoms with Crippen LogP contribution in [0, 0.1) is 83.1 Å². The summed E-state index contributed by atoms with van der Waals surface area (Å²) in [5.41, 5.74) is 16.2. The zero-order valence-electron chi connectivity index (χ0n) is 38.3. The van der Waals surface area contributed by atoms with E-state index in [4.69, 9.17) is 0 Å². The van der Waals surface area contributed by atoms with Gasteiger partial charge in [0.15, 0.2) is 0 Å². The molecule has 0 radical (unpaired) electrons. The maximum absolute atomic E-state index is 2.22.